The zero-order valence-electron chi connectivity index (χ0n) is 12.4. The maximum absolute atomic E-state index is 11.5. The summed E-state index contributed by atoms with van der Waals surface area (Å²) in [6.07, 6.45) is 3.13. The second kappa shape index (κ2) is 6.79. The number of carbonyl (C=O) groups excluding carboxylic acids is 1. The molecule has 0 fully saturated rings. The lowest BCUT2D eigenvalue weighted by atomic mass is 10.0. The molecule has 2 rings (SSSR count). The van der Waals surface area contributed by atoms with Crippen molar-refractivity contribution in [1.82, 2.24) is 0 Å². The molecule has 0 atom stereocenters. The van der Waals surface area contributed by atoms with Gasteiger partial charge in [0.2, 0.25) is 0 Å². The molecule has 0 aliphatic carbocycles. The van der Waals surface area contributed by atoms with Gasteiger partial charge >= 0.3 is 0 Å². The molecule has 0 radical (unpaired) electrons. The number of carbonyl (C=O) groups is 1. The minimum atomic E-state index is -0.0461. The van der Waals surface area contributed by atoms with E-state index in [1.807, 2.05) is 31.2 Å². The number of ketones is 1. The highest BCUT2D eigenvalue weighted by Gasteiger charge is 2.13. The summed E-state index contributed by atoms with van der Waals surface area (Å²) in [5.41, 5.74) is 1.56. The fourth-order valence-corrected chi connectivity index (χ4v) is 2.04. The van der Waals surface area contributed by atoms with E-state index in [0.717, 1.165) is 11.1 Å². The van der Waals surface area contributed by atoms with Gasteiger partial charge in [-0.15, -0.1) is 0 Å². The highest BCUT2D eigenvalue weighted by Crippen LogP contribution is 2.33. The third-order valence-electron chi connectivity index (χ3n) is 2.91. The van der Waals surface area contributed by atoms with Crippen LogP contribution in [0.15, 0.2) is 47.1 Å². The Morgan fingerprint density at radius 1 is 1.29 bits per heavy atom. The first kappa shape index (κ1) is 14.9. The predicted molar refractivity (Wildman–Crippen MR) is 80.6 cm³/mol. The quantitative estimate of drug-likeness (QED) is 0.760. The van der Waals surface area contributed by atoms with E-state index in [0.29, 0.717) is 23.9 Å². The molecule has 21 heavy (non-hydrogen) atoms. The van der Waals surface area contributed by atoms with Crippen molar-refractivity contribution in [3.05, 3.63) is 54.0 Å². The maximum Gasteiger partial charge on any atom is 0.161 e. The van der Waals surface area contributed by atoms with Crippen LogP contribution in [0.1, 0.15) is 25.2 Å². The van der Waals surface area contributed by atoms with E-state index in [1.54, 1.807) is 25.5 Å². The highest BCUT2D eigenvalue weighted by atomic mass is 16.5. The van der Waals surface area contributed by atoms with Crippen molar-refractivity contribution in [2.45, 2.75) is 13.8 Å². The molecule has 1 heterocycles. The average molecular weight is 286 g/mol. The zero-order valence-corrected chi connectivity index (χ0v) is 12.4. The lowest BCUT2D eigenvalue weighted by Gasteiger charge is -2.12. The predicted octanol–water partition coefficient (Wildman–Crippen LogP) is 3.71. The van der Waals surface area contributed by atoms with Crippen LogP contribution in [0.5, 0.6) is 11.5 Å². The van der Waals surface area contributed by atoms with Crippen molar-refractivity contribution in [1.29, 1.82) is 0 Å². The van der Waals surface area contributed by atoms with E-state index in [9.17, 15) is 4.79 Å². The number of rotatable bonds is 6. The number of methoxy groups -OCH3 is 1. The van der Waals surface area contributed by atoms with Crippen molar-refractivity contribution >= 4 is 11.4 Å². The summed E-state index contributed by atoms with van der Waals surface area (Å²) in [7, 11) is 1.59. The van der Waals surface area contributed by atoms with Crippen LogP contribution < -0.4 is 9.47 Å². The molecule has 2 aromatic rings. The van der Waals surface area contributed by atoms with Gasteiger partial charge in [-0.05, 0) is 49.8 Å². The van der Waals surface area contributed by atoms with Gasteiger partial charge in [-0.3, -0.25) is 4.79 Å². The molecular weight excluding hydrogens is 268 g/mol. The van der Waals surface area contributed by atoms with Gasteiger partial charge in [0.1, 0.15) is 5.76 Å². The molecular formula is C17H18O4. The van der Waals surface area contributed by atoms with Crippen molar-refractivity contribution < 1.29 is 18.7 Å². The first-order chi connectivity index (χ1) is 10.2. The first-order valence-electron chi connectivity index (χ1n) is 6.73. The Morgan fingerprint density at radius 3 is 2.67 bits per heavy atom. The van der Waals surface area contributed by atoms with Gasteiger partial charge in [0.05, 0.1) is 20.0 Å². The Hall–Kier alpha value is -2.49. The Labute approximate surface area is 124 Å². The smallest absolute Gasteiger partial charge is 0.161 e. The molecule has 0 aliphatic rings. The summed E-state index contributed by atoms with van der Waals surface area (Å²) < 4.78 is 16.3. The first-order valence-corrected chi connectivity index (χ1v) is 6.73. The van der Waals surface area contributed by atoms with Crippen molar-refractivity contribution in [2.24, 2.45) is 0 Å². The second-order valence-corrected chi connectivity index (χ2v) is 4.44. The summed E-state index contributed by atoms with van der Waals surface area (Å²) in [6, 6.07) is 9.14. The molecule has 0 amide bonds. The van der Waals surface area contributed by atoms with E-state index >= 15 is 0 Å². The van der Waals surface area contributed by atoms with Crippen molar-refractivity contribution in [2.75, 3.05) is 13.7 Å². The number of furan rings is 1. The van der Waals surface area contributed by atoms with Gasteiger partial charge in [0, 0.05) is 5.57 Å². The van der Waals surface area contributed by atoms with Crippen LogP contribution in [0.3, 0.4) is 0 Å². The van der Waals surface area contributed by atoms with E-state index < -0.39 is 0 Å². The zero-order chi connectivity index (χ0) is 15.2. The lowest BCUT2D eigenvalue weighted by Crippen LogP contribution is -1.97. The fraction of sp³-hybridized carbons (Fsp3) is 0.235. The van der Waals surface area contributed by atoms with E-state index in [-0.39, 0.29) is 5.78 Å². The van der Waals surface area contributed by atoms with Crippen molar-refractivity contribution in [3.63, 3.8) is 0 Å². The second-order valence-electron chi connectivity index (χ2n) is 4.44. The van der Waals surface area contributed by atoms with Crippen molar-refractivity contribution in [3.8, 4) is 11.5 Å². The largest absolute Gasteiger partial charge is 0.493 e. The van der Waals surface area contributed by atoms with E-state index in [1.165, 1.54) is 6.92 Å². The summed E-state index contributed by atoms with van der Waals surface area (Å²) in [5, 5.41) is 0. The van der Waals surface area contributed by atoms with Gasteiger partial charge in [0.25, 0.3) is 0 Å². The van der Waals surface area contributed by atoms with Crippen LogP contribution in [-0.2, 0) is 4.79 Å². The van der Waals surface area contributed by atoms with Crippen LogP contribution in [0.4, 0.5) is 0 Å². The maximum atomic E-state index is 11.5. The monoisotopic (exact) mass is 286 g/mol. The molecule has 1 aromatic heterocycles. The minimum absolute atomic E-state index is 0.0461. The third kappa shape index (κ3) is 3.54. The molecule has 0 spiro atoms. The number of benzene rings is 1. The summed E-state index contributed by atoms with van der Waals surface area (Å²) in [4.78, 5) is 11.5. The van der Waals surface area contributed by atoms with Gasteiger partial charge < -0.3 is 13.9 Å². The molecule has 0 aliphatic heterocycles. The Bertz CT molecular complexity index is 639. The normalized spacial score (nSPS) is 11.3. The topological polar surface area (TPSA) is 48.7 Å². The number of ether oxygens (including phenoxy) is 2. The molecule has 110 valence electrons. The fourth-order valence-electron chi connectivity index (χ4n) is 2.04. The lowest BCUT2D eigenvalue weighted by molar-refractivity contribution is -0.112. The van der Waals surface area contributed by atoms with Crippen LogP contribution in [0.2, 0.25) is 0 Å². The summed E-state index contributed by atoms with van der Waals surface area (Å²) >= 11 is 0. The van der Waals surface area contributed by atoms with Gasteiger partial charge in [-0.1, -0.05) is 6.07 Å². The SMILES string of the molecule is CCOc1cc(C(=CC(C)=O)c2ccco2)ccc1OC. The molecule has 0 saturated carbocycles. The van der Waals surface area contributed by atoms with Gasteiger partial charge in [-0.25, -0.2) is 0 Å². The summed E-state index contributed by atoms with van der Waals surface area (Å²) in [5.74, 6) is 1.88. The number of hydrogen-bond donors (Lipinski definition) is 0. The van der Waals surface area contributed by atoms with Crippen LogP contribution >= 0.6 is 0 Å². The molecule has 1 aromatic carbocycles. The van der Waals surface area contributed by atoms with Crippen LogP contribution in [0, 0.1) is 0 Å². The molecule has 0 unspecified atom stereocenters. The molecule has 4 heteroatoms. The molecule has 4 nitrogen and oxygen atoms in total. The minimum Gasteiger partial charge on any atom is -0.493 e. The molecule has 0 N–H and O–H groups in total. The van der Waals surface area contributed by atoms with Gasteiger partial charge in [-0.2, -0.15) is 0 Å². The molecule has 0 saturated heterocycles. The van der Waals surface area contributed by atoms with Crippen LogP contribution in [-0.4, -0.2) is 19.5 Å². The average Bonchev–Trinajstić information content (AvgIpc) is 2.99. The van der Waals surface area contributed by atoms with Crippen LogP contribution in [0.25, 0.3) is 5.57 Å². The number of allylic oxidation sites excluding steroid dienone is 1. The number of hydrogen-bond acceptors (Lipinski definition) is 4. The Kier molecular flexibility index (Phi) is 4.82. The third-order valence-corrected chi connectivity index (χ3v) is 2.91. The Balaban J connectivity index is 2.51. The highest BCUT2D eigenvalue weighted by molar-refractivity contribution is 5.98. The van der Waals surface area contributed by atoms with E-state index in [2.05, 4.69) is 0 Å². The molecule has 0 bridgehead atoms. The van der Waals surface area contributed by atoms with E-state index in [4.69, 9.17) is 13.9 Å². The van der Waals surface area contributed by atoms with Gasteiger partial charge in [0.15, 0.2) is 17.3 Å². The Morgan fingerprint density at radius 2 is 2.10 bits per heavy atom. The standard InChI is InChI=1S/C17H18O4/c1-4-20-17-11-13(7-8-16(17)19-3)14(10-12(2)18)15-6-5-9-21-15/h5-11H,4H2,1-3H3. The summed E-state index contributed by atoms with van der Waals surface area (Å²) in [6.45, 7) is 3.95.